The molecule has 0 amide bonds. The SMILES string of the molecule is CCC(CC#N)Oc1ccccc1C. The first-order chi connectivity index (χ1) is 6.77. The van der Waals surface area contributed by atoms with Crippen LogP contribution >= 0.6 is 0 Å². The van der Waals surface area contributed by atoms with Crippen molar-refractivity contribution in [3.8, 4) is 11.8 Å². The minimum absolute atomic E-state index is 0.0149. The Morgan fingerprint density at radius 3 is 2.71 bits per heavy atom. The summed E-state index contributed by atoms with van der Waals surface area (Å²) in [7, 11) is 0. The molecule has 0 aromatic heterocycles. The summed E-state index contributed by atoms with van der Waals surface area (Å²) in [4.78, 5) is 0. The maximum atomic E-state index is 8.59. The number of hydrogen-bond acceptors (Lipinski definition) is 2. The zero-order chi connectivity index (χ0) is 10.4. The van der Waals surface area contributed by atoms with Crippen LogP contribution in [0.5, 0.6) is 5.75 Å². The standard InChI is InChI=1S/C12H15NO/c1-3-11(8-9-13)14-12-7-5-4-6-10(12)2/h4-7,11H,3,8H2,1-2H3. The molecule has 1 aromatic rings. The summed E-state index contributed by atoms with van der Waals surface area (Å²) in [5.74, 6) is 0.884. The lowest BCUT2D eigenvalue weighted by Gasteiger charge is -2.15. The molecule has 0 aliphatic carbocycles. The van der Waals surface area contributed by atoms with Gasteiger partial charge >= 0.3 is 0 Å². The Kier molecular flexibility index (Phi) is 4.00. The summed E-state index contributed by atoms with van der Waals surface area (Å²) in [5, 5.41) is 8.59. The third-order valence-corrected chi connectivity index (χ3v) is 2.16. The van der Waals surface area contributed by atoms with Gasteiger partial charge in [-0.1, -0.05) is 25.1 Å². The van der Waals surface area contributed by atoms with Gasteiger partial charge in [-0.25, -0.2) is 0 Å². The van der Waals surface area contributed by atoms with E-state index in [1.54, 1.807) is 0 Å². The van der Waals surface area contributed by atoms with Gasteiger partial charge in [0.1, 0.15) is 11.9 Å². The van der Waals surface area contributed by atoms with Crippen LogP contribution < -0.4 is 4.74 Å². The Hall–Kier alpha value is -1.49. The van der Waals surface area contributed by atoms with E-state index in [2.05, 4.69) is 6.07 Å². The number of benzene rings is 1. The average Bonchev–Trinajstić information content (AvgIpc) is 2.20. The number of nitrogens with zero attached hydrogens (tertiary/aromatic N) is 1. The minimum Gasteiger partial charge on any atom is -0.489 e. The Morgan fingerprint density at radius 2 is 2.14 bits per heavy atom. The molecule has 1 aromatic carbocycles. The lowest BCUT2D eigenvalue weighted by Crippen LogP contribution is -2.14. The molecule has 0 saturated carbocycles. The summed E-state index contributed by atoms with van der Waals surface area (Å²) in [6.07, 6.45) is 1.33. The van der Waals surface area contributed by atoms with Crippen LogP contribution in [0.1, 0.15) is 25.3 Å². The second-order valence-corrected chi connectivity index (χ2v) is 3.28. The third-order valence-electron chi connectivity index (χ3n) is 2.16. The van der Waals surface area contributed by atoms with E-state index in [-0.39, 0.29) is 6.10 Å². The van der Waals surface area contributed by atoms with Gasteiger partial charge < -0.3 is 4.74 Å². The van der Waals surface area contributed by atoms with Crippen molar-refractivity contribution in [3.05, 3.63) is 29.8 Å². The first-order valence-corrected chi connectivity index (χ1v) is 4.87. The van der Waals surface area contributed by atoms with E-state index in [4.69, 9.17) is 10.00 Å². The highest BCUT2D eigenvalue weighted by Crippen LogP contribution is 2.19. The van der Waals surface area contributed by atoms with Crippen molar-refractivity contribution >= 4 is 0 Å². The van der Waals surface area contributed by atoms with E-state index >= 15 is 0 Å². The molecule has 74 valence electrons. The van der Waals surface area contributed by atoms with Crippen LogP contribution in [0, 0.1) is 18.3 Å². The molecule has 1 rings (SSSR count). The van der Waals surface area contributed by atoms with E-state index in [1.807, 2.05) is 38.1 Å². The van der Waals surface area contributed by atoms with Crippen LogP contribution in [0.15, 0.2) is 24.3 Å². The first kappa shape index (κ1) is 10.6. The zero-order valence-corrected chi connectivity index (χ0v) is 8.66. The highest BCUT2D eigenvalue weighted by molar-refractivity contribution is 5.31. The second-order valence-electron chi connectivity index (χ2n) is 3.28. The third kappa shape index (κ3) is 2.77. The van der Waals surface area contributed by atoms with E-state index in [0.717, 1.165) is 17.7 Å². The lowest BCUT2D eigenvalue weighted by atomic mass is 10.2. The maximum absolute atomic E-state index is 8.59. The van der Waals surface area contributed by atoms with Gasteiger partial charge in [-0.2, -0.15) is 5.26 Å². The van der Waals surface area contributed by atoms with Crippen molar-refractivity contribution in [2.24, 2.45) is 0 Å². The van der Waals surface area contributed by atoms with Crippen molar-refractivity contribution in [2.75, 3.05) is 0 Å². The monoisotopic (exact) mass is 189 g/mol. The zero-order valence-electron chi connectivity index (χ0n) is 8.66. The molecule has 0 bridgehead atoms. The minimum atomic E-state index is 0.0149. The smallest absolute Gasteiger partial charge is 0.122 e. The van der Waals surface area contributed by atoms with Gasteiger partial charge in [0.15, 0.2) is 0 Å². The predicted octanol–water partition coefficient (Wildman–Crippen LogP) is 3.07. The van der Waals surface area contributed by atoms with Crippen LogP contribution in [-0.2, 0) is 0 Å². The van der Waals surface area contributed by atoms with Crippen molar-refractivity contribution in [1.82, 2.24) is 0 Å². The van der Waals surface area contributed by atoms with E-state index < -0.39 is 0 Å². The van der Waals surface area contributed by atoms with Gasteiger partial charge in [-0.15, -0.1) is 0 Å². The molecular weight excluding hydrogens is 174 g/mol. The Labute approximate surface area is 85.1 Å². The van der Waals surface area contributed by atoms with Gasteiger partial charge in [0.05, 0.1) is 12.5 Å². The summed E-state index contributed by atoms with van der Waals surface area (Å²) in [6.45, 7) is 4.04. The number of ether oxygens (including phenoxy) is 1. The summed E-state index contributed by atoms with van der Waals surface area (Å²) in [6, 6.07) is 10.0. The Bertz CT molecular complexity index is 327. The molecule has 0 radical (unpaired) electrons. The topological polar surface area (TPSA) is 33.0 Å². The van der Waals surface area contributed by atoms with Crippen molar-refractivity contribution in [2.45, 2.75) is 32.8 Å². The fourth-order valence-electron chi connectivity index (χ4n) is 1.24. The lowest BCUT2D eigenvalue weighted by molar-refractivity contribution is 0.201. The molecule has 0 fully saturated rings. The van der Waals surface area contributed by atoms with Gasteiger partial charge in [0, 0.05) is 0 Å². The van der Waals surface area contributed by atoms with Gasteiger partial charge in [0.25, 0.3) is 0 Å². The fraction of sp³-hybridized carbons (Fsp3) is 0.417. The van der Waals surface area contributed by atoms with E-state index in [1.165, 1.54) is 0 Å². The van der Waals surface area contributed by atoms with Crippen LogP contribution in [0.4, 0.5) is 0 Å². The quantitative estimate of drug-likeness (QED) is 0.729. The fourth-order valence-corrected chi connectivity index (χ4v) is 1.24. The first-order valence-electron chi connectivity index (χ1n) is 4.87. The van der Waals surface area contributed by atoms with E-state index in [0.29, 0.717) is 6.42 Å². The number of para-hydroxylation sites is 1. The molecule has 0 spiro atoms. The second kappa shape index (κ2) is 5.29. The molecule has 0 heterocycles. The molecule has 1 unspecified atom stereocenters. The van der Waals surface area contributed by atoms with Gasteiger partial charge in [-0.3, -0.25) is 0 Å². The number of aryl methyl sites for hydroxylation is 1. The van der Waals surface area contributed by atoms with Gasteiger partial charge in [0.2, 0.25) is 0 Å². The van der Waals surface area contributed by atoms with Gasteiger partial charge in [-0.05, 0) is 25.0 Å². The largest absolute Gasteiger partial charge is 0.489 e. The molecular formula is C12H15NO. The molecule has 0 saturated heterocycles. The van der Waals surface area contributed by atoms with Crippen LogP contribution in [-0.4, -0.2) is 6.10 Å². The van der Waals surface area contributed by atoms with Crippen LogP contribution in [0.3, 0.4) is 0 Å². The highest BCUT2D eigenvalue weighted by Gasteiger charge is 2.08. The predicted molar refractivity (Wildman–Crippen MR) is 56.1 cm³/mol. The number of nitriles is 1. The normalized spacial score (nSPS) is 11.8. The van der Waals surface area contributed by atoms with Crippen molar-refractivity contribution < 1.29 is 4.74 Å². The van der Waals surface area contributed by atoms with E-state index in [9.17, 15) is 0 Å². The number of rotatable bonds is 4. The molecule has 2 nitrogen and oxygen atoms in total. The van der Waals surface area contributed by atoms with Crippen LogP contribution in [0.2, 0.25) is 0 Å². The molecule has 14 heavy (non-hydrogen) atoms. The molecule has 2 heteroatoms. The number of hydrogen-bond donors (Lipinski definition) is 0. The molecule has 0 aliphatic heterocycles. The maximum Gasteiger partial charge on any atom is 0.122 e. The molecule has 0 N–H and O–H groups in total. The highest BCUT2D eigenvalue weighted by atomic mass is 16.5. The van der Waals surface area contributed by atoms with Crippen molar-refractivity contribution in [1.29, 1.82) is 5.26 Å². The molecule has 0 aliphatic rings. The Balaban J connectivity index is 2.68. The summed E-state index contributed by atoms with van der Waals surface area (Å²) >= 11 is 0. The van der Waals surface area contributed by atoms with Crippen LogP contribution in [0.25, 0.3) is 0 Å². The average molecular weight is 189 g/mol. The summed E-state index contributed by atoms with van der Waals surface area (Å²) in [5.41, 5.74) is 1.11. The molecule has 1 atom stereocenters. The summed E-state index contributed by atoms with van der Waals surface area (Å²) < 4.78 is 5.71. The van der Waals surface area contributed by atoms with Crippen molar-refractivity contribution in [3.63, 3.8) is 0 Å². The Morgan fingerprint density at radius 1 is 1.43 bits per heavy atom.